The van der Waals surface area contributed by atoms with E-state index in [4.69, 9.17) is 4.74 Å². The molecule has 1 heterocycles. The first-order valence-corrected chi connectivity index (χ1v) is 4.12. The second-order valence-electron chi connectivity index (χ2n) is 2.90. The number of nitrogens with one attached hydrogen (secondary N) is 1. The first-order chi connectivity index (χ1) is 6.24. The molecular weight excluding hydrogens is 166 g/mol. The summed E-state index contributed by atoms with van der Waals surface area (Å²) >= 11 is 0. The summed E-state index contributed by atoms with van der Waals surface area (Å²) in [4.78, 5) is 4.09. The van der Waals surface area contributed by atoms with Gasteiger partial charge < -0.3 is 4.74 Å². The smallest absolute Gasteiger partial charge is 0.217 e. The fraction of sp³-hybridized carbons (Fsp3) is 0.444. The van der Waals surface area contributed by atoms with Gasteiger partial charge in [0.25, 0.3) is 0 Å². The van der Waals surface area contributed by atoms with Crippen molar-refractivity contribution in [3.8, 4) is 5.88 Å². The molecule has 1 aromatic rings. The van der Waals surface area contributed by atoms with E-state index in [0.29, 0.717) is 5.88 Å². The van der Waals surface area contributed by atoms with Crippen molar-refractivity contribution in [2.45, 2.75) is 6.54 Å². The van der Waals surface area contributed by atoms with Gasteiger partial charge in [-0.05, 0) is 6.07 Å². The monoisotopic (exact) mass is 181 g/mol. The summed E-state index contributed by atoms with van der Waals surface area (Å²) in [5, 5.41) is 1.90. The summed E-state index contributed by atoms with van der Waals surface area (Å²) in [7, 11) is 5.52. The molecular formula is C9H15N3O. The molecule has 1 N–H and O–H groups in total. The second-order valence-corrected chi connectivity index (χ2v) is 2.90. The molecule has 0 aliphatic rings. The zero-order chi connectivity index (χ0) is 9.68. The molecule has 13 heavy (non-hydrogen) atoms. The lowest BCUT2D eigenvalue weighted by Gasteiger charge is -2.12. The fourth-order valence-electron chi connectivity index (χ4n) is 0.986. The van der Waals surface area contributed by atoms with Crippen LogP contribution in [0.4, 0.5) is 0 Å². The third-order valence-corrected chi connectivity index (χ3v) is 1.63. The highest BCUT2D eigenvalue weighted by molar-refractivity contribution is 5.24. The molecule has 0 bridgehead atoms. The average molecular weight is 181 g/mol. The van der Waals surface area contributed by atoms with E-state index in [9.17, 15) is 0 Å². The Morgan fingerprint density at radius 1 is 1.54 bits per heavy atom. The van der Waals surface area contributed by atoms with Gasteiger partial charge in [-0.2, -0.15) is 0 Å². The van der Waals surface area contributed by atoms with E-state index >= 15 is 0 Å². The van der Waals surface area contributed by atoms with Gasteiger partial charge in [-0.3, -0.25) is 10.4 Å². The van der Waals surface area contributed by atoms with Gasteiger partial charge in [0.1, 0.15) is 0 Å². The summed E-state index contributed by atoms with van der Waals surface area (Å²) in [6.07, 6.45) is 1.72. The number of hydrogen-bond donors (Lipinski definition) is 1. The van der Waals surface area contributed by atoms with Crippen molar-refractivity contribution in [1.29, 1.82) is 0 Å². The average Bonchev–Trinajstić information content (AvgIpc) is 2.15. The van der Waals surface area contributed by atoms with Crippen LogP contribution in [0, 0.1) is 0 Å². The SMILES string of the molecule is COc1ncccc1CNN(C)C. The second kappa shape index (κ2) is 4.79. The molecule has 0 amide bonds. The molecule has 1 aromatic heterocycles. The summed E-state index contributed by atoms with van der Waals surface area (Å²) in [5.74, 6) is 0.678. The minimum Gasteiger partial charge on any atom is -0.481 e. The van der Waals surface area contributed by atoms with Gasteiger partial charge >= 0.3 is 0 Å². The highest BCUT2D eigenvalue weighted by Gasteiger charge is 2.01. The number of aromatic nitrogens is 1. The molecule has 0 radical (unpaired) electrons. The first-order valence-electron chi connectivity index (χ1n) is 4.12. The molecule has 4 nitrogen and oxygen atoms in total. The highest BCUT2D eigenvalue weighted by Crippen LogP contribution is 2.12. The molecule has 0 fully saturated rings. The van der Waals surface area contributed by atoms with Crippen molar-refractivity contribution in [1.82, 2.24) is 15.4 Å². The van der Waals surface area contributed by atoms with Crippen LogP contribution in [0.2, 0.25) is 0 Å². The van der Waals surface area contributed by atoms with E-state index in [2.05, 4.69) is 10.4 Å². The Morgan fingerprint density at radius 2 is 2.31 bits per heavy atom. The Kier molecular flexibility index (Phi) is 3.67. The van der Waals surface area contributed by atoms with Crippen LogP contribution >= 0.6 is 0 Å². The number of nitrogens with zero attached hydrogens (tertiary/aromatic N) is 2. The van der Waals surface area contributed by atoms with Crippen LogP contribution in [0.5, 0.6) is 5.88 Å². The van der Waals surface area contributed by atoms with E-state index in [1.54, 1.807) is 13.3 Å². The van der Waals surface area contributed by atoms with Gasteiger partial charge in [0.05, 0.1) is 7.11 Å². The molecule has 4 heteroatoms. The van der Waals surface area contributed by atoms with Gasteiger partial charge in [-0.1, -0.05) is 6.07 Å². The summed E-state index contributed by atoms with van der Waals surface area (Å²) in [6, 6.07) is 3.89. The molecule has 0 aromatic carbocycles. The Balaban J connectivity index is 2.64. The van der Waals surface area contributed by atoms with E-state index in [1.165, 1.54) is 0 Å². The topological polar surface area (TPSA) is 37.4 Å². The third-order valence-electron chi connectivity index (χ3n) is 1.63. The predicted molar refractivity (Wildman–Crippen MR) is 51.3 cm³/mol. The third kappa shape index (κ3) is 3.01. The molecule has 0 saturated carbocycles. The lowest BCUT2D eigenvalue weighted by atomic mass is 10.3. The van der Waals surface area contributed by atoms with Gasteiger partial charge in [-0.15, -0.1) is 0 Å². The normalized spacial score (nSPS) is 10.5. The molecule has 0 saturated heterocycles. The lowest BCUT2D eigenvalue weighted by Crippen LogP contribution is -2.29. The Labute approximate surface area is 78.5 Å². The zero-order valence-corrected chi connectivity index (χ0v) is 8.24. The first kappa shape index (κ1) is 9.95. The van der Waals surface area contributed by atoms with Crippen LogP contribution < -0.4 is 10.2 Å². The van der Waals surface area contributed by atoms with Crippen LogP contribution in [0.15, 0.2) is 18.3 Å². The largest absolute Gasteiger partial charge is 0.481 e. The quantitative estimate of drug-likeness (QED) is 0.692. The molecule has 0 spiro atoms. The molecule has 1 rings (SSSR count). The minimum absolute atomic E-state index is 0.678. The Morgan fingerprint density at radius 3 is 2.92 bits per heavy atom. The van der Waals surface area contributed by atoms with Crippen molar-refractivity contribution < 1.29 is 4.74 Å². The van der Waals surface area contributed by atoms with Crippen LogP contribution in [0.3, 0.4) is 0 Å². The van der Waals surface area contributed by atoms with Crippen molar-refractivity contribution in [2.24, 2.45) is 0 Å². The lowest BCUT2D eigenvalue weighted by molar-refractivity contribution is 0.282. The maximum Gasteiger partial charge on any atom is 0.217 e. The number of hydrogen-bond acceptors (Lipinski definition) is 4. The molecule has 0 unspecified atom stereocenters. The van der Waals surface area contributed by atoms with Crippen LogP contribution in [-0.4, -0.2) is 31.2 Å². The highest BCUT2D eigenvalue weighted by atomic mass is 16.5. The van der Waals surface area contributed by atoms with Gasteiger partial charge in [0.15, 0.2) is 0 Å². The van der Waals surface area contributed by atoms with Crippen molar-refractivity contribution in [3.63, 3.8) is 0 Å². The van der Waals surface area contributed by atoms with Gasteiger partial charge in [0.2, 0.25) is 5.88 Å². The van der Waals surface area contributed by atoms with Crippen LogP contribution in [-0.2, 0) is 6.54 Å². The van der Waals surface area contributed by atoms with Crippen molar-refractivity contribution >= 4 is 0 Å². The zero-order valence-electron chi connectivity index (χ0n) is 8.24. The summed E-state index contributed by atoms with van der Waals surface area (Å²) < 4.78 is 5.11. The Bertz CT molecular complexity index is 263. The molecule has 0 aliphatic carbocycles. The number of rotatable bonds is 4. The van der Waals surface area contributed by atoms with Gasteiger partial charge in [0, 0.05) is 32.4 Å². The summed E-state index contributed by atoms with van der Waals surface area (Å²) in [6.45, 7) is 0.726. The van der Waals surface area contributed by atoms with Crippen LogP contribution in [0.25, 0.3) is 0 Å². The fourth-order valence-corrected chi connectivity index (χ4v) is 0.986. The van der Waals surface area contributed by atoms with E-state index in [0.717, 1.165) is 12.1 Å². The van der Waals surface area contributed by atoms with Crippen molar-refractivity contribution in [2.75, 3.05) is 21.2 Å². The molecule has 0 atom stereocenters. The maximum absolute atomic E-state index is 5.11. The van der Waals surface area contributed by atoms with E-state index < -0.39 is 0 Å². The molecule has 72 valence electrons. The predicted octanol–water partition coefficient (Wildman–Crippen LogP) is 0.656. The van der Waals surface area contributed by atoms with Gasteiger partial charge in [-0.25, -0.2) is 4.98 Å². The van der Waals surface area contributed by atoms with Crippen molar-refractivity contribution in [3.05, 3.63) is 23.9 Å². The van der Waals surface area contributed by atoms with E-state index in [1.807, 2.05) is 31.2 Å². The standard InChI is InChI=1S/C9H15N3O/c1-12(2)11-7-8-5-4-6-10-9(8)13-3/h4-6,11H,7H2,1-3H3. The Hall–Kier alpha value is -1.13. The number of hydrazine groups is 1. The minimum atomic E-state index is 0.678. The van der Waals surface area contributed by atoms with E-state index in [-0.39, 0.29) is 0 Å². The number of ether oxygens (including phenoxy) is 1. The summed E-state index contributed by atoms with van der Waals surface area (Å²) in [5.41, 5.74) is 4.20. The molecule has 0 aliphatic heterocycles. The number of methoxy groups -OCH3 is 1. The maximum atomic E-state index is 5.11. The van der Waals surface area contributed by atoms with Crippen LogP contribution in [0.1, 0.15) is 5.56 Å². The number of pyridine rings is 1.